The van der Waals surface area contributed by atoms with Gasteiger partial charge in [0.15, 0.2) is 9.84 Å². The van der Waals surface area contributed by atoms with Crippen molar-refractivity contribution in [1.82, 2.24) is 15.3 Å². The molecule has 0 radical (unpaired) electrons. The summed E-state index contributed by atoms with van der Waals surface area (Å²) in [4.78, 5) is 10.7. The van der Waals surface area contributed by atoms with Crippen molar-refractivity contribution in [2.24, 2.45) is 0 Å². The Balaban J connectivity index is 1.95. The van der Waals surface area contributed by atoms with Crippen molar-refractivity contribution >= 4 is 15.7 Å². The van der Waals surface area contributed by atoms with E-state index in [4.69, 9.17) is 0 Å². The fourth-order valence-corrected chi connectivity index (χ4v) is 3.05. The molecule has 0 saturated carbocycles. The van der Waals surface area contributed by atoms with Gasteiger partial charge >= 0.3 is 0 Å². The van der Waals surface area contributed by atoms with Crippen molar-refractivity contribution in [2.75, 3.05) is 29.5 Å². The number of hydrogen-bond acceptors (Lipinski definition) is 6. The molecule has 2 heterocycles. The van der Waals surface area contributed by atoms with Crippen molar-refractivity contribution in [2.45, 2.75) is 26.4 Å². The lowest BCUT2D eigenvalue weighted by Gasteiger charge is -2.27. The summed E-state index contributed by atoms with van der Waals surface area (Å²) in [5, 5.41) is 3.28. The van der Waals surface area contributed by atoms with Crippen molar-refractivity contribution in [3.63, 3.8) is 0 Å². The molecular weight excluding hydrogens is 264 g/mol. The van der Waals surface area contributed by atoms with Crippen LogP contribution in [0.4, 0.5) is 5.82 Å². The molecule has 1 aliphatic heterocycles. The summed E-state index contributed by atoms with van der Waals surface area (Å²) in [5.74, 6) is 1.15. The van der Waals surface area contributed by atoms with E-state index >= 15 is 0 Å². The zero-order valence-corrected chi connectivity index (χ0v) is 12.2. The minimum atomic E-state index is -2.85. The zero-order chi connectivity index (χ0) is 13.9. The van der Waals surface area contributed by atoms with Crippen molar-refractivity contribution in [1.29, 1.82) is 0 Å². The average molecular weight is 284 g/mol. The Morgan fingerprint density at radius 2 is 1.95 bits per heavy atom. The number of sulfone groups is 1. The van der Waals surface area contributed by atoms with E-state index < -0.39 is 9.84 Å². The van der Waals surface area contributed by atoms with Gasteiger partial charge in [-0.1, -0.05) is 13.8 Å². The van der Waals surface area contributed by atoms with Crippen LogP contribution in [0.15, 0.2) is 12.4 Å². The number of nitrogens with zero attached hydrogens (tertiary/aromatic N) is 3. The van der Waals surface area contributed by atoms with Crippen molar-refractivity contribution < 1.29 is 8.42 Å². The van der Waals surface area contributed by atoms with Gasteiger partial charge in [-0.2, -0.15) is 0 Å². The fourth-order valence-electron chi connectivity index (χ4n) is 1.85. The van der Waals surface area contributed by atoms with E-state index in [0.717, 1.165) is 11.5 Å². The molecule has 1 N–H and O–H groups in total. The Morgan fingerprint density at radius 3 is 2.47 bits per heavy atom. The maximum Gasteiger partial charge on any atom is 0.153 e. The highest BCUT2D eigenvalue weighted by molar-refractivity contribution is 7.91. The number of aromatic nitrogens is 2. The molecule has 106 valence electrons. The lowest BCUT2D eigenvalue weighted by Crippen LogP contribution is -2.40. The van der Waals surface area contributed by atoms with Crippen molar-refractivity contribution in [3.8, 4) is 0 Å². The molecule has 2 rings (SSSR count). The topological polar surface area (TPSA) is 75.2 Å². The Bertz CT molecular complexity index is 499. The number of nitrogens with one attached hydrogen (secondary N) is 1. The first kappa shape index (κ1) is 14.2. The summed E-state index contributed by atoms with van der Waals surface area (Å²) in [7, 11) is -2.85. The Kier molecular flexibility index (Phi) is 4.36. The maximum absolute atomic E-state index is 11.4. The van der Waals surface area contributed by atoms with E-state index in [9.17, 15) is 8.42 Å². The maximum atomic E-state index is 11.4. The van der Waals surface area contributed by atoms with Crippen LogP contribution in [0, 0.1) is 0 Å². The van der Waals surface area contributed by atoms with Crippen LogP contribution in [0.3, 0.4) is 0 Å². The number of rotatable bonds is 4. The van der Waals surface area contributed by atoms with E-state index in [1.165, 1.54) is 0 Å². The summed E-state index contributed by atoms with van der Waals surface area (Å²) in [6.45, 7) is 5.85. The molecule has 0 bridgehead atoms. The van der Waals surface area contributed by atoms with Gasteiger partial charge in [-0.3, -0.25) is 4.98 Å². The van der Waals surface area contributed by atoms with Gasteiger partial charge in [0.05, 0.1) is 29.6 Å². The molecule has 1 fully saturated rings. The van der Waals surface area contributed by atoms with Crippen LogP contribution in [0.1, 0.15) is 19.5 Å². The molecule has 1 aromatic rings. The normalized spacial score (nSPS) is 18.8. The number of anilines is 1. The van der Waals surface area contributed by atoms with Gasteiger partial charge in [-0.05, 0) is 0 Å². The lowest BCUT2D eigenvalue weighted by atomic mass is 10.3. The van der Waals surface area contributed by atoms with Crippen LogP contribution < -0.4 is 10.2 Å². The van der Waals surface area contributed by atoms with Gasteiger partial charge in [0.25, 0.3) is 0 Å². The number of hydrogen-bond donors (Lipinski definition) is 1. The second-order valence-electron chi connectivity index (χ2n) is 5.04. The van der Waals surface area contributed by atoms with Gasteiger partial charge in [0.2, 0.25) is 0 Å². The summed E-state index contributed by atoms with van der Waals surface area (Å²) < 4.78 is 22.7. The molecule has 6 nitrogen and oxygen atoms in total. The minimum absolute atomic E-state index is 0.200. The van der Waals surface area contributed by atoms with E-state index in [0.29, 0.717) is 25.7 Å². The quantitative estimate of drug-likeness (QED) is 0.852. The minimum Gasteiger partial charge on any atom is -0.353 e. The third-order valence-corrected chi connectivity index (χ3v) is 4.66. The molecule has 1 aliphatic rings. The Hall–Kier alpha value is -1.21. The second-order valence-corrected chi connectivity index (χ2v) is 7.34. The molecule has 0 atom stereocenters. The van der Waals surface area contributed by atoms with Crippen molar-refractivity contribution in [3.05, 3.63) is 18.1 Å². The van der Waals surface area contributed by atoms with Crippen LogP contribution in [0.5, 0.6) is 0 Å². The van der Waals surface area contributed by atoms with Crippen LogP contribution in [0.25, 0.3) is 0 Å². The zero-order valence-electron chi connectivity index (χ0n) is 11.3. The molecule has 1 aromatic heterocycles. The molecule has 1 saturated heterocycles. The van der Waals surface area contributed by atoms with Gasteiger partial charge in [-0.25, -0.2) is 13.4 Å². The molecule has 0 spiro atoms. The van der Waals surface area contributed by atoms with E-state index in [2.05, 4.69) is 29.1 Å². The van der Waals surface area contributed by atoms with Crippen LogP contribution in [-0.2, 0) is 16.4 Å². The second kappa shape index (κ2) is 5.83. The lowest BCUT2D eigenvalue weighted by molar-refractivity contribution is 0.579. The smallest absolute Gasteiger partial charge is 0.153 e. The molecule has 0 amide bonds. The average Bonchev–Trinajstić information content (AvgIpc) is 2.37. The standard InChI is InChI=1S/C12H20N4O2S/c1-10(2)13-7-11-8-15-12(9-14-11)16-3-5-19(17,18)6-4-16/h8-10,13H,3-7H2,1-2H3. The molecule has 7 heteroatoms. The summed E-state index contributed by atoms with van der Waals surface area (Å²) >= 11 is 0. The van der Waals surface area contributed by atoms with E-state index in [1.54, 1.807) is 12.4 Å². The monoisotopic (exact) mass is 284 g/mol. The summed E-state index contributed by atoms with van der Waals surface area (Å²) in [5.41, 5.74) is 0.891. The fraction of sp³-hybridized carbons (Fsp3) is 0.667. The SMILES string of the molecule is CC(C)NCc1cnc(N2CCS(=O)(=O)CC2)cn1. The van der Waals surface area contributed by atoms with Gasteiger partial charge < -0.3 is 10.2 Å². The van der Waals surface area contributed by atoms with E-state index in [-0.39, 0.29) is 11.5 Å². The summed E-state index contributed by atoms with van der Waals surface area (Å²) in [6, 6.07) is 0.411. The molecule has 0 aromatic carbocycles. The predicted octanol–water partition coefficient (Wildman–Crippen LogP) is 0.209. The summed E-state index contributed by atoms with van der Waals surface area (Å²) in [6.07, 6.45) is 3.46. The van der Waals surface area contributed by atoms with Crippen LogP contribution in [-0.4, -0.2) is 49.0 Å². The predicted molar refractivity (Wildman–Crippen MR) is 74.9 cm³/mol. The largest absolute Gasteiger partial charge is 0.353 e. The Labute approximate surface area is 114 Å². The molecular formula is C12H20N4O2S. The van der Waals surface area contributed by atoms with Gasteiger partial charge in [0, 0.05) is 25.7 Å². The van der Waals surface area contributed by atoms with Gasteiger partial charge in [-0.15, -0.1) is 0 Å². The molecule has 0 unspecified atom stereocenters. The highest BCUT2D eigenvalue weighted by atomic mass is 32.2. The van der Waals surface area contributed by atoms with Crippen LogP contribution in [0.2, 0.25) is 0 Å². The first-order valence-corrected chi connectivity index (χ1v) is 8.28. The third kappa shape index (κ3) is 4.14. The molecule has 19 heavy (non-hydrogen) atoms. The third-order valence-electron chi connectivity index (χ3n) is 3.05. The van der Waals surface area contributed by atoms with Gasteiger partial charge in [0.1, 0.15) is 5.82 Å². The highest BCUT2D eigenvalue weighted by Gasteiger charge is 2.22. The highest BCUT2D eigenvalue weighted by Crippen LogP contribution is 2.13. The first-order chi connectivity index (χ1) is 8.96. The van der Waals surface area contributed by atoms with Crippen LogP contribution >= 0.6 is 0 Å². The van der Waals surface area contributed by atoms with E-state index in [1.807, 2.05) is 4.90 Å². The Morgan fingerprint density at radius 1 is 1.26 bits per heavy atom. The first-order valence-electron chi connectivity index (χ1n) is 6.46. The molecule has 0 aliphatic carbocycles.